The van der Waals surface area contributed by atoms with Crippen LogP contribution in [-0.2, 0) is 11.2 Å². The van der Waals surface area contributed by atoms with Gasteiger partial charge in [0, 0.05) is 0 Å². The van der Waals surface area contributed by atoms with E-state index in [1.165, 1.54) is 0 Å². The van der Waals surface area contributed by atoms with Crippen LogP contribution in [0.15, 0.2) is 42.5 Å². The van der Waals surface area contributed by atoms with Crippen LogP contribution in [-0.4, -0.2) is 12.6 Å². The third-order valence-electron chi connectivity index (χ3n) is 3.13. The van der Waals surface area contributed by atoms with E-state index in [1.807, 2.05) is 32.0 Å². The number of esters is 1. The van der Waals surface area contributed by atoms with Crippen LogP contribution in [0.5, 0.6) is 11.5 Å². The molecular formula is C18H17NO3. The summed E-state index contributed by atoms with van der Waals surface area (Å²) in [6.45, 7) is 3.74. The molecule has 0 saturated carbocycles. The molecule has 0 saturated heterocycles. The second kappa shape index (κ2) is 7.28. The maximum atomic E-state index is 11.8. The number of hydrogen-bond donors (Lipinski definition) is 0. The fourth-order valence-corrected chi connectivity index (χ4v) is 1.93. The van der Waals surface area contributed by atoms with E-state index < -0.39 is 5.97 Å². The van der Waals surface area contributed by atoms with Gasteiger partial charge in [-0.3, -0.25) is 0 Å². The van der Waals surface area contributed by atoms with Crippen LogP contribution in [0.3, 0.4) is 0 Å². The molecule has 22 heavy (non-hydrogen) atoms. The Morgan fingerprint density at radius 3 is 2.55 bits per heavy atom. The lowest BCUT2D eigenvalue weighted by molar-refractivity contribution is -0.136. The molecule has 0 fully saturated rings. The van der Waals surface area contributed by atoms with Crippen molar-refractivity contribution in [2.45, 2.75) is 20.3 Å². The van der Waals surface area contributed by atoms with Gasteiger partial charge in [0.1, 0.15) is 11.5 Å². The van der Waals surface area contributed by atoms with Crippen molar-refractivity contribution in [1.29, 1.82) is 5.26 Å². The van der Waals surface area contributed by atoms with Crippen molar-refractivity contribution < 1.29 is 14.3 Å². The van der Waals surface area contributed by atoms with Gasteiger partial charge < -0.3 is 9.47 Å². The van der Waals surface area contributed by atoms with E-state index in [2.05, 4.69) is 6.07 Å². The summed E-state index contributed by atoms with van der Waals surface area (Å²) in [6.07, 6.45) is 0.337. The van der Waals surface area contributed by atoms with Crippen LogP contribution in [0.4, 0.5) is 0 Å². The first-order chi connectivity index (χ1) is 10.6. The second-order valence-corrected chi connectivity index (χ2v) is 5.01. The molecule has 0 aliphatic carbocycles. The number of nitriles is 1. The lowest BCUT2D eigenvalue weighted by Crippen LogP contribution is -2.18. The number of hydrogen-bond acceptors (Lipinski definition) is 4. The number of benzene rings is 2. The summed E-state index contributed by atoms with van der Waals surface area (Å²) < 4.78 is 10.7. The van der Waals surface area contributed by atoms with Crippen LogP contribution < -0.4 is 9.47 Å². The minimum absolute atomic E-state index is 0.149. The Kier molecular flexibility index (Phi) is 5.16. The molecule has 0 atom stereocenters. The zero-order valence-electron chi connectivity index (χ0n) is 12.6. The van der Waals surface area contributed by atoms with E-state index in [9.17, 15) is 4.79 Å². The third kappa shape index (κ3) is 4.35. The van der Waals surface area contributed by atoms with Crippen molar-refractivity contribution in [3.8, 4) is 17.6 Å². The van der Waals surface area contributed by atoms with Crippen LogP contribution in [0.25, 0.3) is 0 Å². The van der Waals surface area contributed by atoms with Gasteiger partial charge >= 0.3 is 5.97 Å². The molecule has 2 aromatic rings. The van der Waals surface area contributed by atoms with E-state index in [0.29, 0.717) is 17.9 Å². The van der Waals surface area contributed by atoms with Crippen LogP contribution >= 0.6 is 0 Å². The van der Waals surface area contributed by atoms with Crippen LogP contribution in [0.1, 0.15) is 16.7 Å². The van der Waals surface area contributed by atoms with Crippen molar-refractivity contribution in [3.63, 3.8) is 0 Å². The zero-order valence-corrected chi connectivity index (χ0v) is 12.6. The molecule has 2 rings (SSSR count). The van der Waals surface area contributed by atoms with Crippen LogP contribution in [0, 0.1) is 25.2 Å². The molecule has 0 radical (unpaired) electrons. The first-order valence-electron chi connectivity index (χ1n) is 6.95. The van der Waals surface area contributed by atoms with Gasteiger partial charge in [0.25, 0.3) is 0 Å². The minimum Gasteiger partial charge on any atom is -0.482 e. The molecule has 4 heteroatoms. The summed E-state index contributed by atoms with van der Waals surface area (Å²) in [5.74, 6) is 0.659. The Morgan fingerprint density at radius 1 is 1.14 bits per heavy atom. The summed E-state index contributed by atoms with van der Waals surface area (Å²) in [5, 5.41) is 8.60. The normalized spacial score (nSPS) is 9.86. The Bertz CT molecular complexity index is 699. The molecule has 0 aliphatic rings. The predicted octanol–water partition coefficient (Wildman–Crippen LogP) is 3.35. The zero-order chi connectivity index (χ0) is 15.9. The van der Waals surface area contributed by atoms with Gasteiger partial charge in [0.05, 0.1) is 12.5 Å². The molecule has 0 aliphatic heterocycles. The molecule has 0 N–H and O–H groups in total. The fourth-order valence-electron chi connectivity index (χ4n) is 1.93. The van der Waals surface area contributed by atoms with Gasteiger partial charge in [-0.2, -0.15) is 5.26 Å². The Morgan fingerprint density at radius 2 is 1.86 bits per heavy atom. The maximum absolute atomic E-state index is 11.8. The number of rotatable bonds is 5. The lowest BCUT2D eigenvalue weighted by atomic mass is 10.1. The van der Waals surface area contributed by atoms with Crippen molar-refractivity contribution in [2.75, 3.05) is 6.61 Å². The third-order valence-corrected chi connectivity index (χ3v) is 3.13. The van der Waals surface area contributed by atoms with Crippen molar-refractivity contribution in [3.05, 3.63) is 59.2 Å². The Hall–Kier alpha value is -2.80. The van der Waals surface area contributed by atoms with Gasteiger partial charge in [-0.05, 0) is 48.7 Å². The van der Waals surface area contributed by atoms with E-state index in [1.54, 1.807) is 24.3 Å². The van der Waals surface area contributed by atoms with Gasteiger partial charge in [0.15, 0.2) is 6.61 Å². The number of ether oxygens (including phenoxy) is 2. The summed E-state index contributed by atoms with van der Waals surface area (Å²) in [5.41, 5.74) is 2.93. The molecule has 0 unspecified atom stereocenters. The summed E-state index contributed by atoms with van der Waals surface area (Å²) >= 11 is 0. The van der Waals surface area contributed by atoms with Crippen molar-refractivity contribution in [1.82, 2.24) is 0 Å². The maximum Gasteiger partial charge on any atom is 0.349 e. The minimum atomic E-state index is -0.464. The van der Waals surface area contributed by atoms with Crippen LogP contribution in [0.2, 0.25) is 0 Å². The van der Waals surface area contributed by atoms with Gasteiger partial charge in [-0.1, -0.05) is 24.3 Å². The Labute approximate surface area is 129 Å². The monoisotopic (exact) mass is 295 g/mol. The standard InChI is InChI=1S/C18H17NO3/c1-13-3-4-14(2)17(11-13)21-12-18(20)22-16-7-5-15(6-8-16)9-10-19/h3-8,11H,9,12H2,1-2H3. The summed E-state index contributed by atoms with van der Waals surface area (Å²) in [6, 6.07) is 14.8. The van der Waals surface area contributed by atoms with Crippen molar-refractivity contribution in [2.24, 2.45) is 0 Å². The predicted molar refractivity (Wildman–Crippen MR) is 82.8 cm³/mol. The van der Waals surface area contributed by atoms with E-state index in [-0.39, 0.29) is 6.61 Å². The van der Waals surface area contributed by atoms with E-state index in [4.69, 9.17) is 14.7 Å². The number of carbonyl (C=O) groups is 1. The van der Waals surface area contributed by atoms with Gasteiger partial charge in [-0.15, -0.1) is 0 Å². The smallest absolute Gasteiger partial charge is 0.349 e. The SMILES string of the molecule is Cc1ccc(C)c(OCC(=O)Oc2ccc(CC#N)cc2)c1. The molecule has 0 amide bonds. The second-order valence-electron chi connectivity index (χ2n) is 5.01. The molecule has 0 bridgehead atoms. The highest BCUT2D eigenvalue weighted by molar-refractivity contribution is 5.74. The molecule has 0 aromatic heterocycles. The first kappa shape index (κ1) is 15.6. The molecular weight excluding hydrogens is 278 g/mol. The lowest BCUT2D eigenvalue weighted by Gasteiger charge is -2.10. The highest BCUT2D eigenvalue weighted by Crippen LogP contribution is 2.19. The quantitative estimate of drug-likeness (QED) is 0.627. The largest absolute Gasteiger partial charge is 0.482 e. The Balaban J connectivity index is 1.90. The molecule has 0 heterocycles. The fraction of sp³-hybridized carbons (Fsp3) is 0.222. The number of carbonyl (C=O) groups excluding carboxylic acids is 1. The topological polar surface area (TPSA) is 59.3 Å². The number of nitrogens with zero attached hydrogens (tertiary/aromatic N) is 1. The molecule has 2 aromatic carbocycles. The van der Waals surface area contributed by atoms with Gasteiger partial charge in [0.2, 0.25) is 0 Å². The summed E-state index contributed by atoms with van der Waals surface area (Å²) in [7, 11) is 0. The van der Waals surface area contributed by atoms with E-state index in [0.717, 1.165) is 16.7 Å². The van der Waals surface area contributed by atoms with E-state index >= 15 is 0 Å². The number of aryl methyl sites for hydroxylation is 2. The van der Waals surface area contributed by atoms with Crippen molar-refractivity contribution >= 4 is 5.97 Å². The summed E-state index contributed by atoms with van der Waals surface area (Å²) in [4.78, 5) is 11.8. The highest BCUT2D eigenvalue weighted by Gasteiger charge is 2.08. The van der Waals surface area contributed by atoms with Gasteiger partial charge in [-0.25, -0.2) is 4.79 Å². The average molecular weight is 295 g/mol. The molecule has 0 spiro atoms. The molecule has 112 valence electrons. The molecule has 4 nitrogen and oxygen atoms in total. The highest BCUT2D eigenvalue weighted by atomic mass is 16.6. The average Bonchev–Trinajstić information content (AvgIpc) is 2.50. The first-order valence-corrected chi connectivity index (χ1v) is 6.95.